The summed E-state index contributed by atoms with van der Waals surface area (Å²) in [7, 11) is 0. The lowest BCUT2D eigenvalue weighted by atomic mass is 10.2. The fourth-order valence-corrected chi connectivity index (χ4v) is 3.92. The van der Waals surface area contributed by atoms with E-state index in [9.17, 15) is 9.59 Å². The van der Waals surface area contributed by atoms with Crippen LogP contribution < -0.4 is 10.9 Å². The Morgan fingerprint density at radius 1 is 1.19 bits per heavy atom. The first-order valence-electron chi connectivity index (χ1n) is 7.78. The third-order valence-electron chi connectivity index (χ3n) is 3.85. The number of hydrogen-bond donors (Lipinski definition) is 1. The van der Waals surface area contributed by atoms with Crippen molar-refractivity contribution in [2.24, 2.45) is 0 Å². The van der Waals surface area contributed by atoms with Gasteiger partial charge in [-0.15, -0.1) is 27.8 Å². The number of fused-ring (bicyclic) bond motifs is 1. The second kappa shape index (κ2) is 6.77. The molecule has 130 valence electrons. The van der Waals surface area contributed by atoms with Crippen molar-refractivity contribution in [1.29, 1.82) is 0 Å². The molecular formula is C17H13N5O2S2. The molecule has 0 aliphatic heterocycles. The number of amides is 1. The molecule has 1 amide bonds. The highest BCUT2D eigenvalue weighted by Gasteiger charge is 2.20. The fraction of sp³-hybridized carbons (Fsp3) is 0.118. The van der Waals surface area contributed by atoms with Crippen molar-refractivity contribution in [3.63, 3.8) is 0 Å². The first-order chi connectivity index (χ1) is 12.6. The van der Waals surface area contributed by atoms with E-state index in [1.54, 1.807) is 42.5 Å². The summed E-state index contributed by atoms with van der Waals surface area (Å²) < 4.78 is 1.09. The highest BCUT2D eigenvalue weighted by atomic mass is 32.1. The smallest absolute Gasteiger partial charge is 0.278 e. The number of nitrogens with one attached hydrogen (secondary N) is 1. The SMILES string of the molecule is C[C@@H](C(=O)Nc1nc(-c2cccs2)cs1)n1nnc2ccccc2c1=O. The van der Waals surface area contributed by atoms with Gasteiger partial charge in [0.2, 0.25) is 0 Å². The summed E-state index contributed by atoms with van der Waals surface area (Å²) in [5.41, 5.74) is 0.967. The largest absolute Gasteiger partial charge is 0.300 e. The molecule has 0 unspecified atom stereocenters. The van der Waals surface area contributed by atoms with Crippen LogP contribution in [-0.2, 0) is 4.79 Å². The third kappa shape index (κ3) is 3.02. The molecule has 0 aliphatic carbocycles. The van der Waals surface area contributed by atoms with E-state index < -0.39 is 6.04 Å². The summed E-state index contributed by atoms with van der Waals surface area (Å²) in [6, 6.07) is 10.0. The van der Waals surface area contributed by atoms with Crippen LogP contribution >= 0.6 is 22.7 Å². The van der Waals surface area contributed by atoms with Gasteiger partial charge in [0.25, 0.3) is 11.5 Å². The van der Waals surface area contributed by atoms with Gasteiger partial charge < -0.3 is 5.32 Å². The van der Waals surface area contributed by atoms with Crippen LogP contribution in [0.4, 0.5) is 5.13 Å². The van der Waals surface area contributed by atoms with Gasteiger partial charge in [0, 0.05) is 5.38 Å². The summed E-state index contributed by atoms with van der Waals surface area (Å²) in [5, 5.41) is 15.4. The third-order valence-corrected chi connectivity index (χ3v) is 5.50. The molecule has 3 heterocycles. The van der Waals surface area contributed by atoms with Crippen molar-refractivity contribution >= 4 is 44.6 Å². The minimum absolute atomic E-state index is 0.350. The summed E-state index contributed by atoms with van der Waals surface area (Å²) in [4.78, 5) is 30.5. The quantitative estimate of drug-likeness (QED) is 0.585. The highest BCUT2D eigenvalue weighted by molar-refractivity contribution is 7.16. The number of carbonyl (C=O) groups is 1. The highest BCUT2D eigenvalue weighted by Crippen LogP contribution is 2.28. The maximum atomic E-state index is 12.6. The molecule has 1 atom stereocenters. The molecular weight excluding hydrogens is 370 g/mol. The van der Waals surface area contributed by atoms with Crippen molar-refractivity contribution in [2.75, 3.05) is 5.32 Å². The monoisotopic (exact) mass is 383 g/mol. The number of hydrogen-bond acceptors (Lipinski definition) is 7. The number of thiophene rings is 1. The zero-order valence-corrected chi connectivity index (χ0v) is 15.3. The van der Waals surface area contributed by atoms with Crippen LogP contribution in [0.15, 0.2) is 52.0 Å². The summed E-state index contributed by atoms with van der Waals surface area (Å²) in [6.07, 6.45) is 0. The van der Waals surface area contributed by atoms with Gasteiger partial charge in [-0.05, 0) is 30.5 Å². The van der Waals surface area contributed by atoms with Crippen LogP contribution in [0.2, 0.25) is 0 Å². The number of nitrogens with zero attached hydrogens (tertiary/aromatic N) is 4. The Kier molecular flexibility index (Phi) is 4.31. The zero-order valence-electron chi connectivity index (χ0n) is 13.6. The predicted octanol–water partition coefficient (Wildman–Crippen LogP) is 3.18. The molecule has 0 aliphatic rings. The van der Waals surface area contributed by atoms with Crippen molar-refractivity contribution in [3.05, 3.63) is 57.5 Å². The van der Waals surface area contributed by atoms with Crippen LogP contribution in [0.1, 0.15) is 13.0 Å². The van der Waals surface area contributed by atoms with Gasteiger partial charge >= 0.3 is 0 Å². The van der Waals surface area contributed by atoms with Gasteiger partial charge in [-0.2, -0.15) is 4.68 Å². The minimum atomic E-state index is -0.811. The molecule has 0 bridgehead atoms. The molecule has 1 aromatic carbocycles. The molecule has 4 aromatic rings. The van der Waals surface area contributed by atoms with E-state index in [0.29, 0.717) is 16.0 Å². The van der Waals surface area contributed by atoms with Gasteiger partial charge in [0.15, 0.2) is 5.13 Å². The Morgan fingerprint density at radius 3 is 2.85 bits per heavy atom. The Balaban J connectivity index is 1.57. The lowest BCUT2D eigenvalue weighted by Crippen LogP contribution is -2.34. The fourth-order valence-electron chi connectivity index (χ4n) is 2.44. The molecule has 9 heteroatoms. The number of benzene rings is 1. The lowest BCUT2D eigenvalue weighted by Gasteiger charge is -2.12. The van der Waals surface area contributed by atoms with E-state index in [1.807, 2.05) is 22.9 Å². The van der Waals surface area contributed by atoms with Gasteiger partial charge in [0.1, 0.15) is 11.6 Å². The zero-order chi connectivity index (χ0) is 18.1. The molecule has 0 spiro atoms. The van der Waals surface area contributed by atoms with Gasteiger partial charge in [-0.1, -0.05) is 23.4 Å². The Hall–Kier alpha value is -2.91. The van der Waals surface area contributed by atoms with Crippen LogP contribution in [0, 0.1) is 0 Å². The van der Waals surface area contributed by atoms with E-state index in [2.05, 4.69) is 20.6 Å². The van der Waals surface area contributed by atoms with E-state index in [0.717, 1.165) is 15.3 Å². The molecule has 0 saturated heterocycles. The molecule has 1 N–H and O–H groups in total. The average Bonchev–Trinajstić information content (AvgIpc) is 3.33. The molecule has 7 nitrogen and oxygen atoms in total. The van der Waals surface area contributed by atoms with Gasteiger partial charge in [-0.25, -0.2) is 4.98 Å². The minimum Gasteiger partial charge on any atom is -0.300 e. The van der Waals surface area contributed by atoms with E-state index in [1.165, 1.54) is 11.3 Å². The first kappa shape index (κ1) is 16.6. The number of rotatable bonds is 4. The van der Waals surface area contributed by atoms with Crippen LogP contribution in [0.25, 0.3) is 21.5 Å². The summed E-state index contributed by atoms with van der Waals surface area (Å²) in [5.74, 6) is -0.372. The van der Waals surface area contributed by atoms with Crippen molar-refractivity contribution in [3.8, 4) is 10.6 Å². The standard InChI is InChI=1S/C17H13N5O2S2/c1-10(22-16(24)11-5-2-3-6-12(11)20-21-22)15(23)19-17-18-13(9-26-17)14-7-4-8-25-14/h2-10H,1H3,(H,18,19,23)/t10-/m0/s1. The van der Waals surface area contributed by atoms with E-state index in [4.69, 9.17) is 0 Å². The summed E-state index contributed by atoms with van der Waals surface area (Å²) in [6.45, 7) is 1.61. The number of aromatic nitrogens is 4. The van der Waals surface area contributed by atoms with E-state index >= 15 is 0 Å². The molecule has 26 heavy (non-hydrogen) atoms. The second-order valence-corrected chi connectivity index (χ2v) is 7.34. The summed E-state index contributed by atoms with van der Waals surface area (Å²) >= 11 is 2.92. The Labute approximate surface area is 156 Å². The van der Waals surface area contributed by atoms with Crippen molar-refractivity contribution in [1.82, 2.24) is 20.0 Å². The normalized spacial score (nSPS) is 12.2. The van der Waals surface area contributed by atoms with Crippen LogP contribution in [-0.4, -0.2) is 25.9 Å². The van der Waals surface area contributed by atoms with Crippen LogP contribution in [0.3, 0.4) is 0 Å². The van der Waals surface area contributed by atoms with Crippen molar-refractivity contribution in [2.45, 2.75) is 13.0 Å². The Bertz CT molecular complexity index is 1130. The maximum absolute atomic E-state index is 12.6. The first-order valence-corrected chi connectivity index (χ1v) is 9.54. The molecule has 0 saturated carbocycles. The molecule has 0 radical (unpaired) electrons. The Morgan fingerprint density at radius 2 is 2.04 bits per heavy atom. The topological polar surface area (TPSA) is 89.8 Å². The number of thiazole rings is 1. The molecule has 3 aromatic heterocycles. The van der Waals surface area contributed by atoms with Crippen LogP contribution in [0.5, 0.6) is 0 Å². The molecule has 4 rings (SSSR count). The average molecular weight is 383 g/mol. The lowest BCUT2D eigenvalue weighted by molar-refractivity contribution is -0.119. The predicted molar refractivity (Wildman–Crippen MR) is 103 cm³/mol. The maximum Gasteiger partial charge on any atom is 0.278 e. The molecule has 0 fully saturated rings. The van der Waals surface area contributed by atoms with Gasteiger partial charge in [0.05, 0.1) is 16.0 Å². The van der Waals surface area contributed by atoms with Crippen molar-refractivity contribution < 1.29 is 4.79 Å². The van der Waals surface area contributed by atoms with E-state index in [-0.39, 0.29) is 11.5 Å². The second-order valence-electron chi connectivity index (χ2n) is 5.54. The number of carbonyl (C=O) groups excluding carboxylic acids is 1. The number of anilines is 1. The van der Waals surface area contributed by atoms with Gasteiger partial charge in [-0.3, -0.25) is 9.59 Å².